The summed E-state index contributed by atoms with van der Waals surface area (Å²) in [5.41, 5.74) is 1.15. The molecule has 1 unspecified atom stereocenters. The smallest absolute Gasteiger partial charge is 0.410 e. The summed E-state index contributed by atoms with van der Waals surface area (Å²) in [4.78, 5) is 27.1. The second-order valence-corrected chi connectivity index (χ2v) is 8.43. The first-order valence-corrected chi connectivity index (χ1v) is 10.1. The highest BCUT2D eigenvalue weighted by Gasteiger charge is 2.31. The maximum absolute atomic E-state index is 13.0. The van der Waals surface area contributed by atoms with Crippen molar-refractivity contribution in [2.24, 2.45) is 5.92 Å². The monoisotopic (exact) mass is 395 g/mol. The molecule has 2 aromatic carbocycles. The number of nitrogens with zero attached hydrogens (tertiary/aromatic N) is 1. The van der Waals surface area contributed by atoms with E-state index in [0.29, 0.717) is 31.0 Å². The Kier molecular flexibility index (Phi) is 6.57. The minimum Gasteiger partial charge on any atom is -0.489 e. The molecule has 0 radical (unpaired) electrons. The summed E-state index contributed by atoms with van der Waals surface area (Å²) in [6.45, 7) is 7.01. The van der Waals surface area contributed by atoms with E-state index in [1.54, 1.807) is 11.0 Å². The van der Waals surface area contributed by atoms with Crippen LogP contribution in [0, 0.1) is 5.92 Å². The summed E-state index contributed by atoms with van der Waals surface area (Å²) in [5, 5.41) is 0. The van der Waals surface area contributed by atoms with Gasteiger partial charge in [-0.15, -0.1) is 0 Å². The zero-order valence-corrected chi connectivity index (χ0v) is 17.4. The third-order valence-electron chi connectivity index (χ3n) is 4.81. The maximum atomic E-state index is 13.0. The lowest BCUT2D eigenvalue weighted by Crippen LogP contribution is -2.44. The van der Waals surface area contributed by atoms with Crippen LogP contribution in [0.3, 0.4) is 0 Å². The molecule has 154 valence electrons. The van der Waals surface area contributed by atoms with Gasteiger partial charge in [0, 0.05) is 24.6 Å². The zero-order chi connectivity index (χ0) is 20.9. The van der Waals surface area contributed by atoms with Gasteiger partial charge in [0.25, 0.3) is 0 Å². The van der Waals surface area contributed by atoms with Crippen molar-refractivity contribution in [2.45, 2.75) is 45.8 Å². The standard InChI is InChI=1S/C24H29NO4/c1-24(2,3)29-23(27)25-14-8-12-20(16-25)22(26)19-11-7-13-21(15-19)28-17-18-9-5-4-6-10-18/h4-7,9-11,13,15,20H,8,12,14,16-17H2,1-3H3. The second kappa shape index (κ2) is 9.12. The number of benzene rings is 2. The molecule has 2 aromatic rings. The minimum atomic E-state index is -0.543. The van der Waals surface area contributed by atoms with Gasteiger partial charge in [-0.25, -0.2) is 4.79 Å². The number of ketones is 1. The summed E-state index contributed by atoms with van der Waals surface area (Å²) in [7, 11) is 0. The van der Waals surface area contributed by atoms with Crippen molar-refractivity contribution >= 4 is 11.9 Å². The molecular weight excluding hydrogens is 366 g/mol. The van der Waals surface area contributed by atoms with Gasteiger partial charge in [-0.2, -0.15) is 0 Å². The first kappa shape index (κ1) is 20.9. The van der Waals surface area contributed by atoms with Gasteiger partial charge in [0.2, 0.25) is 0 Å². The van der Waals surface area contributed by atoms with Gasteiger partial charge in [0.1, 0.15) is 18.0 Å². The van der Waals surface area contributed by atoms with Crippen LogP contribution in [0.25, 0.3) is 0 Å². The number of likely N-dealkylation sites (tertiary alicyclic amines) is 1. The average Bonchev–Trinajstić information content (AvgIpc) is 2.71. The fraction of sp³-hybridized carbons (Fsp3) is 0.417. The van der Waals surface area contributed by atoms with E-state index in [-0.39, 0.29) is 17.8 Å². The van der Waals surface area contributed by atoms with Gasteiger partial charge in [-0.05, 0) is 51.3 Å². The zero-order valence-electron chi connectivity index (χ0n) is 17.4. The van der Waals surface area contributed by atoms with Crippen LogP contribution < -0.4 is 4.74 Å². The average molecular weight is 395 g/mol. The number of rotatable bonds is 5. The van der Waals surface area contributed by atoms with Crippen LogP contribution in [-0.2, 0) is 11.3 Å². The van der Waals surface area contributed by atoms with E-state index in [0.717, 1.165) is 18.4 Å². The molecule has 0 bridgehead atoms. The van der Waals surface area contributed by atoms with Gasteiger partial charge < -0.3 is 14.4 Å². The predicted octanol–water partition coefficient (Wildman–Crippen LogP) is 5.10. The molecule has 0 aliphatic carbocycles. The number of carbonyl (C=O) groups is 2. The quantitative estimate of drug-likeness (QED) is 0.661. The van der Waals surface area contributed by atoms with Gasteiger partial charge in [-0.3, -0.25) is 4.79 Å². The first-order chi connectivity index (χ1) is 13.8. The Hall–Kier alpha value is -2.82. The van der Waals surface area contributed by atoms with Crippen LogP contribution in [-0.4, -0.2) is 35.5 Å². The molecule has 1 saturated heterocycles. The summed E-state index contributed by atoms with van der Waals surface area (Å²) in [5.74, 6) is 0.489. The van der Waals surface area contributed by atoms with Crippen LogP contribution in [0.5, 0.6) is 5.75 Å². The molecule has 29 heavy (non-hydrogen) atoms. The Morgan fingerprint density at radius 3 is 2.55 bits per heavy atom. The number of amides is 1. The largest absolute Gasteiger partial charge is 0.489 e. The highest BCUT2D eigenvalue weighted by atomic mass is 16.6. The van der Waals surface area contributed by atoms with E-state index in [9.17, 15) is 9.59 Å². The van der Waals surface area contributed by atoms with E-state index in [2.05, 4.69) is 0 Å². The van der Waals surface area contributed by atoms with Gasteiger partial charge in [0.05, 0.1) is 0 Å². The van der Waals surface area contributed by atoms with Crippen molar-refractivity contribution in [1.82, 2.24) is 4.90 Å². The minimum absolute atomic E-state index is 0.0448. The predicted molar refractivity (Wildman–Crippen MR) is 112 cm³/mol. The lowest BCUT2D eigenvalue weighted by atomic mass is 9.90. The van der Waals surface area contributed by atoms with Crippen molar-refractivity contribution < 1.29 is 19.1 Å². The second-order valence-electron chi connectivity index (χ2n) is 8.43. The van der Waals surface area contributed by atoms with E-state index < -0.39 is 5.60 Å². The molecule has 1 amide bonds. The number of hydrogen-bond acceptors (Lipinski definition) is 4. The van der Waals surface area contributed by atoms with E-state index >= 15 is 0 Å². The molecule has 0 spiro atoms. The van der Waals surface area contributed by atoms with Gasteiger partial charge in [0.15, 0.2) is 5.78 Å². The SMILES string of the molecule is CC(C)(C)OC(=O)N1CCCC(C(=O)c2cccc(OCc3ccccc3)c2)C1. The van der Waals surface area contributed by atoms with Gasteiger partial charge >= 0.3 is 6.09 Å². The molecule has 5 heteroatoms. The Morgan fingerprint density at radius 2 is 1.83 bits per heavy atom. The van der Waals surface area contributed by atoms with E-state index in [1.807, 2.05) is 69.3 Å². The number of Topliss-reactive ketones (excluding diaryl/α,β-unsaturated/α-hetero) is 1. The molecule has 0 saturated carbocycles. The number of piperidine rings is 1. The van der Waals surface area contributed by atoms with Crippen molar-refractivity contribution in [3.05, 3.63) is 65.7 Å². The molecular formula is C24H29NO4. The van der Waals surface area contributed by atoms with Crippen LogP contribution in [0.4, 0.5) is 4.79 Å². The molecule has 1 heterocycles. The van der Waals surface area contributed by atoms with Gasteiger partial charge in [-0.1, -0.05) is 42.5 Å². The highest BCUT2D eigenvalue weighted by Crippen LogP contribution is 2.24. The lowest BCUT2D eigenvalue weighted by Gasteiger charge is -2.33. The third kappa shape index (κ3) is 6.08. The summed E-state index contributed by atoms with van der Waals surface area (Å²) >= 11 is 0. The lowest BCUT2D eigenvalue weighted by molar-refractivity contribution is 0.0172. The summed E-state index contributed by atoms with van der Waals surface area (Å²) in [6.07, 6.45) is 1.21. The summed E-state index contributed by atoms with van der Waals surface area (Å²) < 4.78 is 11.3. The van der Waals surface area contributed by atoms with E-state index in [1.165, 1.54) is 0 Å². The van der Waals surface area contributed by atoms with Crippen LogP contribution in [0.1, 0.15) is 49.5 Å². The van der Waals surface area contributed by atoms with Crippen molar-refractivity contribution in [2.75, 3.05) is 13.1 Å². The maximum Gasteiger partial charge on any atom is 0.410 e. The molecule has 3 rings (SSSR count). The Morgan fingerprint density at radius 1 is 1.07 bits per heavy atom. The normalized spacial score (nSPS) is 16.9. The van der Waals surface area contributed by atoms with Crippen molar-refractivity contribution in [3.63, 3.8) is 0 Å². The van der Waals surface area contributed by atoms with Crippen LogP contribution >= 0.6 is 0 Å². The Balaban J connectivity index is 1.63. The van der Waals surface area contributed by atoms with Crippen molar-refractivity contribution in [3.8, 4) is 5.75 Å². The van der Waals surface area contributed by atoms with E-state index in [4.69, 9.17) is 9.47 Å². The number of ether oxygens (including phenoxy) is 2. The fourth-order valence-corrected chi connectivity index (χ4v) is 3.40. The molecule has 1 atom stereocenters. The fourth-order valence-electron chi connectivity index (χ4n) is 3.40. The van der Waals surface area contributed by atoms with Crippen LogP contribution in [0.15, 0.2) is 54.6 Å². The molecule has 5 nitrogen and oxygen atoms in total. The molecule has 1 aliphatic rings. The molecule has 0 aromatic heterocycles. The first-order valence-electron chi connectivity index (χ1n) is 10.1. The highest BCUT2D eigenvalue weighted by molar-refractivity contribution is 5.98. The topological polar surface area (TPSA) is 55.8 Å². The Labute approximate surface area is 172 Å². The third-order valence-corrected chi connectivity index (χ3v) is 4.81. The summed E-state index contributed by atoms with van der Waals surface area (Å²) in [6, 6.07) is 17.2. The number of carbonyl (C=O) groups excluding carboxylic acids is 2. The Bertz CT molecular complexity index is 841. The molecule has 1 aliphatic heterocycles. The number of hydrogen-bond donors (Lipinski definition) is 0. The van der Waals surface area contributed by atoms with Crippen molar-refractivity contribution in [1.29, 1.82) is 0 Å². The molecule has 0 N–H and O–H groups in total. The molecule has 1 fully saturated rings. The van der Waals surface area contributed by atoms with Crippen LogP contribution in [0.2, 0.25) is 0 Å².